The summed E-state index contributed by atoms with van der Waals surface area (Å²) in [5.74, 6) is 5.21. The van der Waals surface area contributed by atoms with Crippen LogP contribution in [0.15, 0.2) is 115 Å². The molecule has 0 unspecified atom stereocenters. The number of hydrogen-bond donors (Lipinski definition) is 0. The van der Waals surface area contributed by atoms with Crippen molar-refractivity contribution in [2.75, 3.05) is 35.8 Å². The van der Waals surface area contributed by atoms with Gasteiger partial charge in [0.25, 0.3) is 0 Å². The van der Waals surface area contributed by atoms with Crippen molar-refractivity contribution in [3.63, 3.8) is 0 Å². The average molecular weight is 970 g/mol. The molecule has 6 nitrogen and oxygen atoms in total. The molecule has 1 aliphatic heterocycles. The second kappa shape index (κ2) is 14.5. The Bertz CT molecular complexity index is 2720. The molecule has 5 aliphatic rings. The predicted octanol–water partition coefficient (Wildman–Crippen LogP) is 12.4. The first-order chi connectivity index (χ1) is 28.5. The molecule has 60 heavy (non-hydrogen) atoms. The summed E-state index contributed by atoms with van der Waals surface area (Å²) in [5.41, 5.74) is 10.4. The van der Waals surface area contributed by atoms with Gasteiger partial charge in [-0.3, -0.25) is 0 Å². The van der Waals surface area contributed by atoms with Crippen LogP contribution >= 0.6 is 0 Å². The van der Waals surface area contributed by atoms with Gasteiger partial charge in [0.2, 0.25) is 0 Å². The van der Waals surface area contributed by atoms with Gasteiger partial charge in [0.15, 0.2) is 0 Å². The van der Waals surface area contributed by atoms with E-state index in [2.05, 4.69) is 189 Å². The largest absolute Gasteiger partial charge is 0.509 e. The van der Waals surface area contributed by atoms with E-state index in [0.29, 0.717) is 23.3 Å². The van der Waals surface area contributed by atoms with Gasteiger partial charge >= 0.3 is 0 Å². The van der Waals surface area contributed by atoms with E-state index in [1.807, 2.05) is 6.07 Å². The van der Waals surface area contributed by atoms with E-state index in [4.69, 9.17) is 9.72 Å². The van der Waals surface area contributed by atoms with E-state index >= 15 is 0 Å². The van der Waals surface area contributed by atoms with Gasteiger partial charge in [-0.1, -0.05) is 68.8 Å². The molecule has 3 heterocycles. The summed E-state index contributed by atoms with van der Waals surface area (Å²) in [6, 6.07) is 47.4. The number of anilines is 4. The first-order valence-corrected chi connectivity index (χ1v) is 21.5. The Kier molecular flexibility index (Phi) is 9.48. The molecule has 0 saturated heterocycles. The van der Waals surface area contributed by atoms with Crippen molar-refractivity contribution in [1.29, 1.82) is 0 Å². The third-order valence-electron chi connectivity index (χ3n) is 14.3. The van der Waals surface area contributed by atoms with Crippen LogP contribution in [-0.4, -0.2) is 30.7 Å². The molecule has 5 aromatic carbocycles. The quantitative estimate of drug-likeness (QED) is 0.149. The second-order valence-electron chi connectivity index (χ2n) is 19.0. The number of hydrogen-bond acceptors (Lipinski definition) is 5. The number of fused-ring (bicyclic) bond motifs is 4. The molecule has 7 aromatic rings. The number of pyridine rings is 1. The Morgan fingerprint density at radius 3 is 2.15 bits per heavy atom. The Morgan fingerprint density at radius 1 is 0.733 bits per heavy atom. The minimum Gasteiger partial charge on any atom is -0.509 e. The first kappa shape index (κ1) is 39.1. The molecule has 0 amide bonds. The first-order valence-electron chi connectivity index (χ1n) is 21.5. The summed E-state index contributed by atoms with van der Waals surface area (Å²) in [5, 5.41) is 2.31. The second-order valence-corrected chi connectivity index (χ2v) is 19.0. The van der Waals surface area contributed by atoms with Gasteiger partial charge in [-0.05, 0) is 127 Å². The number of nitrogens with zero attached hydrogens (tertiary/aromatic N) is 5. The van der Waals surface area contributed by atoms with Crippen molar-refractivity contribution in [3.05, 3.63) is 151 Å². The van der Waals surface area contributed by atoms with Gasteiger partial charge in [-0.15, -0.1) is 47.0 Å². The fourth-order valence-electron chi connectivity index (χ4n) is 11.8. The maximum Gasteiger partial charge on any atom is 0.135 e. The van der Waals surface area contributed by atoms with Crippen LogP contribution in [0.3, 0.4) is 0 Å². The zero-order chi connectivity index (χ0) is 40.2. The Labute approximate surface area is 369 Å². The molecule has 4 fully saturated rings. The van der Waals surface area contributed by atoms with Crippen molar-refractivity contribution in [2.24, 2.45) is 23.7 Å². The zero-order valence-corrected chi connectivity index (χ0v) is 37.6. The number of benzene rings is 5. The van der Waals surface area contributed by atoms with Crippen LogP contribution in [0.25, 0.3) is 27.6 Å². The minimum atomic E-state index is -0.104. The van der Waals surface area contributed by atoms with Crippen LogP contribution in [0.2, 0.25) is 0 Å². The van der Waals surface area contributed by atoms with Crippen LogP contribution in [-0.2, 0) is 31.9 Å². The summed E-state index contributed by atoms with van der Waals surface area (Å²) in [6.07, 6.45) is 8.76. The van der Waals surface area contributed by atoms with E-state index in [0.717, 1.165) is 51.1 Å². The normalized spacial score (nSPS) is 23.0. The van der Waals surface area contributed by atoms with Crippen LogP contribution < -0.4 is 19.4 Å². The van der Waals surface area contributed by atoms with Crippen LogP contribution in [0.5, 0.6) is 11.5 Å². The molecule has 0 spiro atoms. The molecule has 0 atom stereocenters. The molecule has 2 aromatic heterocycles. The van der Waals surface area contributed by atoms with Crippen molar-refractivity contribution in [3.8, 4) is 17.3 Å². The van der Waals surface area contributed by atoms with E-state index in [1.165, 1.54) is 59.9 Å². The summed E-state index contributed by atoms with van der Waals surface area (Å²) >= 11 is 0. The van der Waals surface area contributed by atoms with Crippen LogP contribution in [0.1, 0.15) is 69.6 Å². The molecule has 12 rings (SSSR count). The smallest absolute Gasteiger partial charge is 0.135 e. The maximum absolute atomic E-state index is 6.81. The van der Waals surface area contributed by atoms with Crippen LogP contribution in [0, 0.1) is 42.5 Å². The molecular weight excluding hydrogens is 918 g/mol. The predicted molar refractivity (Wildman–Crippen MR) is 241 cm³/mol. The van der Waals surface area contributed by atoms with Crippen molar-refractivity contribution < 1.29 is 25.8 Å². The molecule has 7 heteroatoms. The van der Waals surface area contributed by atoms with Crippen molar-refractivity contribution in [1.82, 2.24) is 9.55 Å². The third kappa shape index (κ3) is 6.19. The van der Waals surface area contributed by atoms with Crippen molar-refractivity contribution in [2.45, 2.75) is 63.7 Å². The summed E-state index contributed by atoms with van der Waals surface area (Å²) < 4.78 is 9.12. The SMILES string of the molecule is CN(C)c1ccc(C2(c3ccnc(-n4c5[c-]c(Oc6[c-]c(N7[CH-]N(C)c8ccccc87)cc(C(C)(C)C)c6)ccc5c5ccccc54)c3)C3CC4CC(C3)CC2C4)cc1.[Pt]. The Morgan fingerprint density at radius 2 is 1.43 bits per heavy atom. The van der Waals surface area contributed by atoms with E-state index in [-0.39, 0.29) is 31.9 Å². The topological polar surface area (TPSA) is 36.8 Å². The van der Waals surface area contributed by atoms with Gasteiger partial charge < -0.3 is 24.0 Å². The Balaban J connectivity index is 0.00000433. The fraction of sp³-hybridized carbons (Fsp3) is 0.321. The van der Waals surface area contributed by atoms with Gasteiger partial charge in [0.1, 0.15) is 5.82 Å². The average Bonchev–Trinajstić information content (AvgIpc) is 3.74. The van der Waals surface area contributed by atoms with Gasteiger partial charge in [-0.2, -0.15) is 12.7 Å². The number of aromatic nitrogens is 2. The van der Waals surface area contributed by atoms with Crippen molar-refractivity contribution >= 4 is 44.6 Å². The standard InChI is InChI=1S/C53H52N5O.Pt/c1-52(2,3)38-28-42(57-33-56(6)48-13-9-10-14-49(48)57)31-44(29-38)59-43-19-20-46-45-11-7-8-12-47(45)58(50(46)32-43)51-30-37(21-22-54-51)53(36-15-17-41(18-16-36)55(4)5)39-24-34-23-35(26-39)27-40(53)25-34;/h7-22,28-30,33-35,39-40H,23-27H2,1-6H3;/q-3;. The molecular formula is C53H52N5OPt-3. The molecule has 4 saturated carbocycles. The fourth-order valence-corrected chi connectivity index (χ4v) is 11.8. The number of para-hydroxylation sites is 3. The summed E-state index contributed by atoms with van der Waals surface area (Å²) in [7, 11) is 6.35. The maximum atomic E-state index is 6.81. The monoisotopic (exact) mass is 969 g/mol. The van der Waals surface area contributed by atoms with Gasteiger partial charge in [0, 0.05) is 80.9 Å². The molecule has 308 valence electrons. The third-order valence-corrected chi connectivity index (χ3v) is 14.3. The summed E-state index contributed by atoms with van der Waals surface area (Å²) in [6.45, 7) is 8.85. The summed E-state index contributed by atoms with van der Waals surface area (Å²) in [4.78, 5) is 11.7. The zero-order valence-electron chi connectivity index (χ0n) is 35.4. The van der Waals surface area contributed by atoms with Gasteiger partial charge in [-0.25, -0.2) is 4.98 Å². The molecule has 4 bridgehead atoms. The molecule has 4 aliphatic carbocycles. The van der Waals surface area contributed by atoms with E-state index < -0.39 is 0 Å². The number of rotatable bonds is 7. The molecule has 0 radical (unpaired) electrons. The van der Waals surface area contributed by atoms with E-state index in [9.17, 15) is 0 Å². The molecule has 0 N–H and O–H groups in total. The van der Waals surface area contributed by atoms with Crippen LogP contribution in [0.4, 0.5) is 22.7 Å². The van der Waals surface area contributed by atoms with E-state index in [1.54, 1.807) is 0 Å². The minimum absolute atomic E-state index is 0. The number of ether oxygens (including phenoxy) is 1. The Hall–Kier alpha value is -5.06. The van der Waals surface area contributed by atoms with Gasteiger partial charge in [0.05, 0.1) is 0 Å².